The van der Waals surface area contributed by atoms with E-state index in [9.17, 15) is 4.79 Å². The van der Waals surface area contributed by atoms with Crippen LogP contribution in [0, 0.1) is 5.41 Å². The van der Waals surface area contributed by atoms with Gasteiger partial charge in [0.1, 0.15) is 6.61 Å². The van der Waals surface area contributed by atoms with Crippen LogP contribution in [0.25, 0.3) is 22.2 Å². The molecule has 3 rings (SSSR count). The van der Waals surface area contributed by atoms with Gasteiger partial charge in [-0.05, 0) is 42.2 Å². The molecule has 1 aromatic heterocycles. The number of carbonyl (C=O) groups excluding carboxylic acids is 1. The summed E-state index contributed by atoms with van der Waals surface area (Å²) in [6.07, 6.45) is 2.15. The van der Waals surface area contributed by atoms with Crippen LogP contribution in [-0.4, -0.2) is 28.9 Å². The standard InChI is InChI=1S/C22H26N4O2.ClH/c1-5-28-23-14-15-9-10-19-18(11-15)21(26-25-19)16-7-6-8-17(12-16)24-20(27)13-22(2,3)4;/h6-12,14H,5,13H2,1-4H3,(H,24,27)(H,25,26);1H. The first-order valence-electron chi connectivity index (χ1n) is 9.39. The van der Waals surface area contributed by atoms with E-state index in [1.165, 1.54) is 0 Å². The molecular weight excluding hydrogens is 388 g/mol. The molecule has 3 aromatic rings. The summed E-state index contributed by atoms with van der Waals surface area (Å²) < 4.78 is 0. The molecule has 0 saturated carbocycles. The van der Waals surface area contributed by atoms with Gasteiger partial charge in [0.15, 0.2) is 0 Å². The fraction of sp³-hybridized carbons (Fsp3) is 0.318. The maximum absolute atomic E-state index is 12.2. The number of hydrogen-bond acceptors (Lipinski definition) is 4. The van der Waals surface area contributed by atoms with Crippen molar-refractivity contribution in [1.82, 2.24) is 10.2 Å². The number of fused-ring (bicyclic) bond motifs is 1. The molecule has 1 heterocycles. The highest BCUT2D eigenvalue weighted by Crippen LogP contribution is 2.29. The second-order valence-corrected chi connectivity index (χ2v) is 7.90. The van der Waals surface area contributed by atoms with E-state index in [0.717, 1.165) is 33.4 Å². The monoisotopic (exact) mass is 414 g/mol. The van der Waals surface area contributed by atoms with E-state index in [2.05, 4.69) is 20.7 Å². The van der Waals surface area contributed by atoms with Crippen molar-refractivity contribution in [2.45, 2.75) is 34.1 Å². The number of H-pyrrole nitrogens is 1. The zero-order valence-corrected chi connectivity index (χ0v) is 18.0. The van der Waals surface area contributed by atoms with Crippen molar-refractivity contribution >= 4 is 41.1 Å². The number of anilines is 1. The number of carbonyl (C=O) groups is 1. The molecule has 7 heteroatoms. The van der Waals surface area contributed by atoms with Gasteiger partial charge < -0.3 is 10.2 Å². The third-order valence-electron chi connectivity index (χ3n) is 4.10. The van der Waals surface area contributed by atoms with Crippen LogP contribution in [0.15, 0.2) is 47.6 Å². The number of benzene rings is 2. The molecule has 2 aromatic carbocycles. The van der Waals surface area contributed by atoms with Crippen LogP contribution in [0.4, 0.5) is 5.69 Å². The summed E-state index contributed by atoms with van der Waals surface area (Å²) in [5, 5.41) is 15.4. The number of hydrogen-bond donors (Lipinski definition) is 2. The summed E-state index contributed by atoms with van der Waals surface area (Å²) in [6.45, 7) is 8.56. The number of amides is 1. The van der Waals surface area contributed by atoms with Gasteiger partial charge >= 0.3 is 0 Å². The van der Waals surface area contributed by atoms with Gasteiger partial charge in [-0.2, -0.15) is 5.10 Å². The van der Waals surface area contributed by atoms with E-state index in [0.29, 0.717) is 13.0 Å². The number of aromatic amines is 1. The van der Waals surface area contributed by atoms with Gasteiger partial charge in [0.2, 0.25) is 5.91 Å². The van der Waals surface area contributed by atoms with Crippen LogP contribution >= 0.6 is 12.4 Å². The lowest BCUT2D eigenvalue weighted by Crippen LogP contribution is -2.19. The first-order valence-corrected chi connectivity index (χ1v) is 9.39. The Bertz CT molecular complexity index is 1010. The van der Waals surface area contributed by atoms with Crippen LogP contribution in [0.1, 0.15) is 39.7 Å². The molecule has 1 amide bonds. The molecule has 0 aliphatic heterocycles. The fourth-order valence-electron chi connectivity index (χ4n) is 2.94. The number of oxime groups is 1. The zero-order chi connectivity index (χ0) is 20.1. The lowest BCUT2D eigenvalue weighted by Gasteiger charge is -2.17. The van der Waals surface area contributed by atoms with Crippen LogP contribution in [-0.2, 0) is 9.63 Å². The molecule has 0 fully saturated rings. The van der Waals surface area contributed by atoms with Crippen molar-refractivity contribution in [1.29, 1.82) is 0 Å². The maximum Gasteiger partial charge on any atom is 0.224 e. The summed E-state index contributed by atoms with van der Waals surface area (Å²) >= 11 is 0. The average Bonchev–Trinajstić information content (AvgIpc) is 3.04. The molecular formula is C22H27ClN4O2. The molecule has 0 radical (unpaired) electrons. The van der Waals surface area contributed by atoms with Crippen LogP contribution < -0.4 is 5.32 Å². The van der Waals surface area contributed by atoms with Gasteiger partial charge in [0.25, 0.3) is 0 Å². The molecule has 0 saturated heterocycles. The van der Waals surface area contributed by atoms with Gasteiger partial charge in [-0.1, -0.05) is 44.1 Å². The molecule has 6 nitrogen and oxygen atoms in total. The lowest BCUT2D eigenvalue weighted by molar-refractivity contribution is -0.117. The third kappa shape index (κ3) is 6.06. The Balaban J connectivity index is 0.00000300. The van der Waals surface area contributed by atoms with Crippen molar-refractivity contribution in [3.63, 3.8) is 0 Å². The molecule has 29 heavy (non-hydrogen) atoms. The quantitative estimate of drug-likeness (QED) is 0.418. The van der Waals surface area contributed by atoms with Crippen LogP contribution in [0.3, 0.4) is 0 Å². The van der Waals surface area contributed by atoms with Crippen molar-refractivity contribution in [2.75, 3.05) is 11.9 Å². The summed E-state index contributed by atoms with van der Waals surface area (Å²) in [7, 11) is 0. The topological polar surface area (TPSA) is 79.4 Å². The molecule has 0 aliphatic carbocycles. The Hall–Kier alpha value is -2.86. The number of aromatic nitrogens is 2. The van der Waals surface area contributed by atoms with Crippen LogP contribution in [0.2, 0.25) is 0 Å². The SMILES string of the molecule is CCON=Cc1ccc2[nH]nc(-c3cccc(NC(=O)CC(C)(C)C)c3)c2c1.Cl. The highest BCUT2D eigenvalue weighted by atomic mass is 35.5. The Morgan fingerprint density at radius 1 is 1.24 bits per heavy atom. The molecule has 0 atom stereocenters. The summed E-state index contributed by atoms with van der Waals surface area (Å²) in [6, 6.07) is 13.7. The van der Waals surface area contributed by atoms with E-state index < -0.39 is 0 Å². The van der Waals surface area contributed by atoms with E-state index in [4.69, 9.17) is 4.84 Å². The normalized spacial score (nSPS) is 11.4. The minimum atomic E-state index is -0.0560. The predicted octanol–water partition coefficient (Wildman–Crippen LogP) is 5.40. The number of nitrogens with zero attached hydrogens (tertiary/aromatic N) is 2. The second-order valence-electron chi connectivity index (χ2n) is 7.90. The van der Waals surface area contributed by atoms with Crippen molar-refractivity contribution < 1.29 is 9.63 Å². The number of halogens is 1. The fourth-order valence-corrected chi connectivity index (χ4v) is 2.94. The Morgan fingerprint density at radius 2 is 2.03 bits per heavy atom. The van der Waals surface area contributed by atoms with Gasteiger partial charge in [0, 0.05) is 23.1 Å². The average molecular weight is 415 g/mol. The summed E-state index contributed by atoms with van der Waals surface area (Å²) in [5.74, 6) is 0.00552. The van der Waals surface area contributed by atoms with Gasteiger partial charge in [0.05, 0.1) is 17.4 Å². The Morgan fingerprint density at radius 3 is 2.76 bits per heavy atom. The zero-order valence-electron chi connectivity index (χ0n) is 17.2. The van der Waals surface area contributed by atoms with Gasteiger partial charge in [-0.3, -0.25) is 9.89 Å². The predicted molar refractivity (Wildman–Crippen MR) is 121 cm³/mol. The largest absolute Gasteiger partial charge is 0.396 e. The number of rotatable bonds is 6. The number of nitrogens with one attached hydrogen (secondary N) is 2. The minimum absolute atomic E-state index is 0. The third-order valence-corrected chi connectivity index (χ3v) is 4.10. The van der Waals surface area contributed by atoms with E-state index in [1.807, 2.05) is 70.2 Å². The molecule has 0 unspecified atom stereocenters. The van der Waals surface area contributed by atoms with Crippen molar-refractivity contribution in [2.24, 2.45) is 10.6 Å². The van der Waals surface area contributed by atoms with Crippen molar-refractivity contribution in [3.8, 4) is 11.3 Å². The second kappa shape index (κ2) is 9.56. The lowest BCUT2D eigenvalue weighted by atomic mass is 9.92. The molecule has 0 bridgehead atoms. The van der Waals surface area contributed by atoms with Gasteiger partial charge in [-0.25, -0.2) is 0 Å². The van der Waals surface area contributed by atoms with E-state index in [-0.39, 0.29) is 23.7 Å². The first kappa shape index (κ1) is 22.4. The molecule has 0 spiro atoms. The summed E-state index contributed by atoms with van der Waals surface area (Å²) in [4.78, 5) is 17.3. The van der Waals surface area contributed by atoms with E-state index in [1.54, 1.807) is 6.21 Å². The first-order chi connectivity index (χ1) is 13.4. The molecule has 2 N–H and O–H groups in total. The molecule has 0 aliphatic rings. The Labute approximate surface area is 177 Å². The maximum atomic E-state index is 12.2. The minimum Gasteiger partial charge on any atom is -0.396 e. The Kier molecular flexibility index (Phi) is 7.40. The summed E-state index contributed by atoms with van der Waals surface area (Å²) in [5.41, 5.74) is 4.33. The van der Waals surface area contributed by atoms with Crippen molar-refractivity contribution in [3.05, 3.63) is 48.0 Å². The van der Waals surface area contributed by atoms with Crippen LogP contribution in [0.5, 0.6) is 0 Å². The molecule has 154 valence electrons. The van der Waals surface area contributed by atoms with Gasteiger partial charge in [-0.15, -0.1) is 12.4 Å². The van der Waals surface area contributed by atoms with E-state index >= 15 is 0 Å². The highest BCUT2D eigenvalue weighted by Gasteiger charge is 2.16. The smallest absolute Gasteiger partial charge is 0.224 e. The highest BCUT2D eigenvalue weighted by molar-refractivity contribution is 5.98.